The summed E-state index contributed by atoms with van der Waals surface area (Å²) in [6.45, 7) is 6.55. The van der Waals surface area contributed by atoms with E-state index in [1.54, 1.807) is 0 Å². The molecule has 1 aromatic rings. The smallest absolute Gasteiger partial charge is 0.143 e. The minimum atomic E-state index is 0.323. The summed E-state index contributed by atoms with van der Waals surface area (Å²) in [6, 6.07) is 6.70. The molecule has 0 amide bonds. The van der Waals surface area contributed by atoms with Gasteiger partial charge in [0, 0.05) is 0 Å². The summed E-state index contributed by atoms with van der Waals surface area (Å²) >= 11 is 0. The Morgan fingerprint density at radius 2 is 2.12 bits per heavy atom. The van der Waals surface area contributed by atoms with Gasteiger partial charge in [-0.3, -0.25) is 0 Å². The molecule has 1 aromatic carbocycles. The van der Waals surface area contributed by atoms with E-state index in [1.807, 2.05) is 0 Å². The van der Waals surface area contributed by atoms with Gasteiger partial charge >= 0.3 is 0 Å². The standard InChI is InChI=1S/C14H21NO/c1-4-7-12-11(5-2)15-14-10(3)8-6-9-13(14)16-12/h6,8-9,11-12,15H,4-5,7H2,1-3H3. The summed E-state index contributed by atoms with van der Waals surface area (Å²) in [7, 11) is 0. The van der Waals surface area contributed by atoms with Crippen molar-refractivity contribution in [2.24, 2.45) is 0 Å². The zero-order chi connectivity index (χ0) is 11.5. The molecule has 0 bridgehead atoms. The Balaban J connectivity index is 2.26. The van der Waals surface area contributed by atoms with Crippen LogP contribution in [0.25, 0.3) is 0 Å². The van der Waals surface area contributed by atoms with Gasteiger partial charge in [0.25, 0.3) is 0 Å². The quantitative estimate of drug-likeness (QED) is 0.836. The van der Waals surface area contributed by atoms with Crippen LogP contribution in [-0.2, 0) is 0 Å². The van der Waals surface area contributed by atoms with Crippen LogP contribution in [0.1, 0.15) is 38.7 Å². The van der Waals surface area contributed by atoms with Crippen LogP contribution in [0.5, 0.6) is 5.75 Å². The van der Waals surface area contributed by atoms with Gasteiger partial charge in [-0.25, -0.2) is 0 Å². The van der Waals surface area contributed by atoms with Gasteiger partial charge in [-0.1, -0.05) is 32.4 Å². The minimum absolute atomic E-state index is 0.323. The molecule has 0 aliphatic carbocycles. The van der Waals surface area contributed by atoms with Gasteiger partial charge in [-0.2, -0.15) is 0 Å². The van der Waals surface area contributed by atoms with Crippen molar-refractivity contribution in [2.75, 3.05) is 5.32 Å². The largest absolute Gasteiger partial charge is 0.486 e. The van der Waals surface area contributed by atoms with Gasteiger partial charge in [-0.05, 0) is 31.4 Å². The highest BCUT2D eigenvalue weighted by atomic mass is 16.5. The van der Waals surface area contributed by atoms with Crippen LogP contribution in [0.4, 0.5) is 5.69 Å². The molecule has 2 heteroatoms. The predicted molar refractivity (Wildman–Crippen MR) is 68.2 cm³/mol. The number of aryl methyl sites for hydroxylation is 1. The molecule has 1 aliphatic rings. The zero-order valence-electron chi connectivity index (χ0n) is 10.4. The molecular formula is C14H21NO. The molecular weight excluding hydrogens is 198 g/mol. The SMILES string of the molecule is CCCC1Oc2cccc(C)c2NC1CC. The van der Waals surface area contributed by atoms with Crippen molar-refractivity contribution >= 4 is 5.69 Å². The molecule has 16 heavy (non-hydrogen) atoms. The van der Waals surface area contributed by atoms with Crippen LogP contribution in [0.3, 0.4) is 0 Å². The second kappa shape index (κ2) is 4.77. The molecule has 0 aromatic heterocycles. The summed E-state index contributed by atoms with van der Waals surface area (Å²) in [4.78, 5) is 0. The number of fused-ring (bicyclic) bond motifs is 1. The summed E-state index contributed by atoms with van der Waals surface area (Å²) in [5.41, 5.74) is 2.45. The van der Waals surface area contributed by atoms with E-state index >= 15 is 0 Å². The lowest BCUT2D eigenvalue weighted by Gasteiger charge is -2.35. The lowest BCUT2D eigenvalue weighted by molar-refractivity contribution is 0.155. The first-order chi connectivity index (χ1) is 7.76. The Hall–Kier alpha value is -1.18. The molecule has 0 radical (unpaired) electrons. The molecule has 2 rings (SSSR count). The number of rotatable bonds is 3. The first-order valence-electron chi connectivity index (χ1n) is 6.29. The fraction of sp³-hybridized carbons (Fsp3) is 0.571. The highest BCUT2D eigenvalue weighted by Crippen LogP contribution is 2.35. The Morgan fingerprint density at radius 3 is 2.81 bits per heavy atom. The van der Waals surface area contributed by atoms with E-state index in [0.29, 0.717) is 12.1 Å². The minimum Gasteiger partial charge on any atom is -0.486 e. The first kappa shape index (κ1) is 11.3. The average Bonchev–Trinajstić information content (AvgIpc) is 2.29. The molecule has 88 valence electrons. The molecule has 0 saturated heterocycles. The van der Waals surface area contributed by atoms with Crippen molar-refractivity contribution < 1.29 is 4.74 Å². The van der Waals surface area contributed by atoms with Gasteiger partial charge in [-0.15, -0.1) is 0 Å². The van der Waals surface area contributed by atoms with Gasteiger partial charge in [0.15, 0.2) is 0 Å². The molecule has 0 spiro atoms. The number of benzene rings is 1. The van der Waals surface area contributed by atoms with Crippen molar-refractivity contribution in [1.29, 1.82) is 0 Å². The summed E-state index contributed by atoms with van der Waals surface area (Å²) in [5.74, 6) is 1.02. The molecule has 1 aliphatic heterocycles. The second-order valence-electron chi connectivity index (χ2n) is 4.55. The fourth-order valence-electron chi connectivity index (χ4n) is 2.36. The van der Waals surface area contributed by atoms with Crippen LogP contribution in [-0.4, -0.2) is 12.1 Å². The van der Waals surface area contributed by atoms with Crippen LogP contribution >= 0.6 is 0 Å². The topological polar surface area (TPSA) is 21.3 Å². The highest BCUT2D eigenvalue weighted by Gasteiger charge is 2.27. The Labute approximate surface area is 98.0 Å². The molecule has 1 N–H and O–H groups in total. The van der Waals surface area contributed by atoms with Gasteiger partial charge < -0.3 is 10.1 Å². The van der Waals surface area contributed by atoms with Crippen molar-refractivity contribution in [3.8, 4) is 5.75 Å². The van der Waals surface area contributed by atoms with Crippen molar-refractivity contribution in [2.45, 2.75) is 52.2 Å². The van der Waals surface area contributed by atoms with Gasteiger partial charge in [0.2, 0.25) is 0 Å². The fourth-order valence-corrected chi connectivity index (χ4v) is 2.36. The van der Waals surface area contributed by atoms with Crippen molar-refractivity contribution in [3.05, 3.63) is 23.8 Å². The highest BCUT2D eigenvalue weighted by molar-refractivity contribution is 5.63. The molecule has 1 heterocycles. The van der Waals surface area contributed by atoms with Crippen LogP contribution in [0, 0.1) is 6.92 Å². The number of nitrogens with one attached hydrogen (secondary N) is 1. The maximum Gasteiger partial charge on any atom is 0.143 e. The third-order valence-electron chi connectivity index (χ3n) is 3.30. The molecule has 0 fully saturated rings. The maximum atomic E-state index is 6.09. The van der Waals surface area contributed by atoms with Crippen molar-refractivity contribution in [3.63, 3.8) is 0 Å². The third kappa shape index (κ3) is 2.01. The first-order valence-corrected chi connectivity index (χ1v) is 6.29. The van der Waals surface area contributed by atoms with E-state index in [-0.39, 0.29) is 0 Å². The number of ether oxygens (including phenoxy) is 1. The Morgan fingerprint density at radius 1 is 1.31 bits per heavy atom. The third-order valence-corrected chi connectivity index (χ3v) is 3.30. The molecule has 2 unspecified atom stereocenters. The molecule has 2 nitrogen and oxygen atoms in total. The Bertz CT molecular complexity index is 362. The number of hydrogen-bond donors (Lipinski definition) is 1. The number of hydrogen-bond acceptors (Lipinski definition) is 2. The van der Waals surface area contributed by atoms with E-state index in [9.17, 15) is 0 Å². The normalized spacial score (nSPS) is 23.2. The predicted octanol–water partition coefficient (Wildman–Crippen LogP) is 3.75. The maximum absolute atomic E-state index is 6.09. The van der Waals surface area contributed by atoms with Crippen LogP contribution in [0.15, 0.2) is 18.2 Å². The van der Waals surface area contributed by atoms with Gasteiger partial charge in [0.05, 0.1) is 11.7 Å². The summed E-state index contributed by atoms with van der Waals surface area (Å²) in [5, 5.41) is 3.62. The molecule has 2 atom stereocenters. The van der Waals surface area contributed by atoms with Crippen LogP contribution in [0.2, 0.25) is 0 Å². The van der Waals surface area contributed by atoms with E-state index in [2.05, 4.69) is 44.3 Å². The monoisotopic (exact) mass is 219 g/mol. The van der Waals surface area contributed by atoms with E-state index in [4.69, 9.17) is 4.74 Å². The summed E-state index contributed by atoms with van der Waals surface area (Å²) < 4.78 is 6.09. The lowest BCUT2D eigenvalue weighted by Crippen LogP contribution is -2.41. The number of para-hydroxylation sites is 1. The van der Waals surface area contributed by atoms with Crippen molar-refractivity contribution in [1.82, 2.24) is 0 Å². The number of anilines is 1. The van der Waals surface area contributed by atoms with E-state index in [0.717, 1.165) is 18.6 Å². The average molecular weight is 219 g/mol. The van der Waals surface area contributed by atoms with E-state index < -0.39 is 0 Å². The van der Waals surface area contributed by atoms with E-state index in [1.165, 1.54) is 17.7 Å². The molecule has 0 saturated carbocycles. The van der Waals surface area contributed by atoms with Crippen LogP contribution < -0.4 is 10.1 Å². The lowest BCUT2D eigenvalue weighted by atomic mass is 10.00. The zero-order valence-corrected chi connectivity index (χ0v) is 10.4. The van der Waals surface area contributed by atoms with Gasteiger partial charge in [0.1, 0.15) is 11.9 Å². The summed E-state index contributed by atoms with van der Waals surface area (Å²) in [6.07, 6.45) is 3.73. The second-order valence-corrected chi connectivity index (χ2v) is 4.55. The Kier molecular flexibility index (Phi) is 3.37.